The lowest BCUT2D eigenvalue weighted by Gasteiger charge is -2.38. The second-order valence-electron chi connectivity index (χ2n) is 12.6. The van der Waals surface area contributed by atoms with Crippen molar-refractivity contribution in [3.8, 4) is 5.75 Å². The Kier molecular flexibility index (Phi) is 9.53. The fourth-order valence-electron chi connectivity index (χ4n) is 6.66. The van der Waals surface area contributed by atoms with Crippen LogP contribution in [0.3, 0.4) is 0 Å². The van der Waals surface area contributed by atoms with Gasteiger partial charge in [0.2, 0.25) is 5.91 Å². The number of hydrogen-bond donors (Lipinski definition) is 2. The van der Waals surface area contributed by atoms with Crippen LogP contribution in [0.1, 0.15) is 61.9 Å². The smallest absolute Gasteiger partial charge is 0.258 e. The number of aryl methyl sites for hydroxylation is 1. The van der Waals surface area contributed by atoms with E-state index in [1.807, 2.05) is 55.1 Å². The number of hydrogen-bond acceptors (Lipinski definition) is 5. The highest BCUT2D eigenvalue weighted by molar-refractivity contribution is 6.00. The van der Waals surface area contributed by atoms with Crippen molar-refractivity contribution in [2.45, 2.75) is 64.5 Å². The Hall–Kier alpha value is -3.36. The van der Waals surface area contributed by atoms with Gasteiger partial charge in [0.05, 0.1) is 24.6 Å². The molecule has 2 amide bonds. The summed E-state index contributed by atoms with van der Waals surface area (Å²) in [5.74, 6) is 0.974. The minimum Gasteiger partial charge on any atom is -0.488 e. The summed E-state index contributed by atoms with van der Waals surface area (Å²) in [7, 11) is 4.14. The van der Waals surface area contributed by atoms with Crippen molar-refractivity contribution in [1.29, 1.82) is 0 Å². The number of rotatable bonds is 9. The summed E-state index contributed by atoms with van der Waals surface area (Å²) in [4.78, 5) is 31.1. The zero-order valence-electron chi connectivity index (χ0n) is 25.5. The molecule has 8 heteroatoms. The maximum atomic E-state index is 13.8. The lowest BCUT2D eigenvalue weighted by Crippen LogP contribution is -2.50. The van der Waals surface area contributed by atoms with Crippen molar-refractivity contribution in [2.75, 3.05) is 38.6 Å². The Morgan fingerprint density at radius 3 is 2.67 bits per heavy atom. The van der Waals surface area contributed by atoms with Gasteiger partial charge in [-0.05, 0) is 62.6 Å². The van der Waals surface area contributed by atoms with E-state index >= 15 is 0 Å². The number of carbonyl (C=O) groups is 2. The molecule has 1 aromatic heterocycles. The first kappa shape index (κ1) is 30.1. The van der Waals surface area contributed by atoms with Crippen molar-refractivity contribution in [3.05, 3.63) is 59.8 Å². The number of fused-ring (bicyclic) bond motifs is 2. The molecule has 42 heavy (non-hydrogen) atoms. The molecular weight excluding hydrogens is 528 g/mol. The summed E-state index contributed by atoms with van der Waals surface area (Å²) in [5, 5.41) is 14.0. The number of anilines is 1. The lowest BCUT2D eigenvalue weighted by atomic mass is 9.89. The Morgan fingerprint density at radius 1 is 1.14 bits per heavy atom. The van der Waals surface area contributed by atoms with E-state index in [9.17, 15) is 14.7 Å². The fourth-order valence-corrected chi connectivity index (χ4v) is 6.66. The number of para-hydroxylation sites is 1. The molecule has 2 heterocycles. The van der Waals surface area contributed by atoms with Gasteiger partial charge in [-0.15, -0.1) is 0 Å². The van der Waals surface area contributed by atoms with Crippen LogP contribution in [0.15, 0.2) is 48.7 Å². The molecule has 0 saturated heterocycles. The Bertz CT molecular complexity index is 1400. The van der Waals surface area contributed by atoms with Crippen LogP contribution in [0.2, 0.25) is 0 Å². The molecule has 5 rings (SSSR count). The van der Waals surface area contributed by atoms with E-state index in [1.165, 1.54) is 32.1 Å². The minimum atomic E-state index is -0.337. The number of carbonyl (C=O) groups excluding carboxylic acids is 2. The van der Waals surface area contributed by atoms with Crippen molar-refractivity contribution in [1.82, 2.24) is 14.4 Å². The molecule has 0 unspecified atom stereocenters. The van der Waals surface area contributed by atoms with Crippen molar-refractivity contribution >= 4 is 28.4 Å². The third-order valence-corrected chi connectivity index (χ3v) is 9.07. The molecule has 1 aliphatic carbocycles. The number of nitrogens with one attached hydrogen (secondary N) is 1. The summed E-state index contributed by atoms with van der Waals surface area (Å²) in [6, 6.07) is 13.0. The molecule has 226 valence electrons. The standard InChI is InChI=1S/C34H46N4O4/c1-23-18-38(24(2)22-39)34(41)29-17-27(35-33(40)16-26-20-37(4)30-13-9-8-12-28(26)30)14-15-31(29)42-32(23)21-36(3)19-25-10-6-5-7-11-25/h8-9,12-15,17,20,23-25,32,39H,5-7,10-11,16,18-19,21-22H2,1-4H3,(H,35,40)/t23-,24-,32-/m1/s1. The molecule has 1 saturated carbocycles. The topological polar surface area (TPSA) is 87.0 Å². The molecule has 0 bridgehead atoms. The molecule has 1 fully saturated rings. The summed E-state index contributed by atoms with van der Waals surface area (Å²) in [5.41, 5.74) is 2.99. The van der Waals surface area contributed by atoms with Crippen LogP contribution in [0.25, 0.3) is 10.9 Å². The van der Waals surface area contributed by atoms with Gasteiger partial charge in [-0.3, -0.25) is 9.59 Å². The van der Waals surface area contributed by atoms with Gasteiger partial charge < -0.3 is 29.5 Å². The average molecular weight is 575 g/mol. The third-order valence-electron chi connectivity index (χ3n) is 9.07. The van der Waals surface area contributed by atoms with Crippen molar-refractivity contribution < 1.29 is 19.4 Å². The van der Waals surface area contributed by atoms with Gasteiger partial charge in [0, 0.05) is 55.4 Å². The zero-order valence-corrected chi connectivity index (χ0v) is 25.5. The van der Waals surface area contributed by atoms with Crippen LogP contribution in [-0.2, 0) is 18.3 Å². The van der Waals surface area contributed by atoms with Crippen LogP contribution >= 0.6 is 0 Å². The maximum Gasteiger partial charge on any atom is 0.258 e. The van der Waals surface area contributed by atoms with Crippen molar-refractivity contribution in [3.63, 3.8) is 0 Å². The monoisotopic (exact) mass is 574 g/mol. The number of aliphatic hydroxyl groups excluding tert-OH is 1. The van der Waals surface area contributed by atoms with E-state index in [-0.39, 0.29) is 42.9 Å². The Labute approximate surface area is 249 Å². The predicted molar refractivity (Wildman–Crippen MR) is 167 cm³/mol. The molecular formula is C34H46N4O4. The van der Waals surface area contributed by atoms with E-state index < -0.39 is 0 Å². The first-order valence-electron chi connectivity index (χ1n) is 15.5. The van der Waals surface area contributed by atoms with Crippen molar-refractivity contribution in [2.24, 2.45) is 18.9 Å². The van der Waals surface area contributed by atoms with E-state index in [4.69, 9.17) is 4.74 Å². The first-order valence-corrected chi connectivity index (χ1v) is 15.5. The van der Waals surface area contributed by atoms with Gasteiger partial charge >= 0.3 is 0 Å². The highest BCUT2D eigenvalue weighted by Gasteiger charge is 2.34. The molecule has 2 N–H and O–H groups in total. The summed E-state index contributed by atoms with van der Waals surface area (Å²) < 4.78 is 8.61. The molecule has 8 nitrogen and oxygen atoms in total. The van der Waals surface area contributed by atoms with Crippen LogP contribution in [0.4, 0.5) is 5.69 Å². The molecule has 0 radical (unpaired) electrons. The number of ether oxygens (including phenoxy) is 1. The normalized spacial score (nSPS) is 20.6. The number of likely N-dealkylation sites (N-methyl/N-ethyl adjacent to an activating group) is 1. The lowest BCUT2D eigenvalue weighted by molar-refractivity contribution is -0.115. The van der Waals surface area contributed by atoms with Crippen LogP contribution in [-0.4, -0.2) is 76.7 Å². The Morgan fingerprint density at radius 2 is 1.90 bits per heavy atom. The average Bonchev–Trinajstić information content (AvgIpc) is 3.29. The highest BCUT2D eigenvalue weighted by atomic mass is 16.5. The predicted octanol–water partition coefficient (Wildman–Crippen LogP) is 5.09. The fraction of sp³-hybridized carbons (Fsp3) is 0.529. The van der Waals surface area contributed by atoms with Gasteiger partial charge in [-0.2, -0.15) is 0 Å². The van der Waals surface area contributed by atoms with E-state index in [1.54, 1.807) is 17.0 Å². The SMILES string of the molecule is C[C@@H]1CN([C@H](C)CO)C(=O)c2cc(NC(=O)Cc3cn(C)c4ccccc34)ccc2O[C@@H]1CN(C)CC1CCCCC1. The van der Waals surface area contributed by atoms with Gasteiger partial charge in [-0.1, -0.05) is 44.4 Å². The number of nitrogens with zero attached hydrogens (tertiary/aromatic N) is 3. The highest BCUT2D eigenvalue weighted by Crippen LogP contribution is 2.31. The largest absolute Gasteiger partial charge is 0.488 e. The summed E-state index contributed by atoms with van der Waals surface area (Å²) in [6.07, 6.45) is 8.66. The van der Waals surface area contributed by atoms with Gasteiger partial charge in [-0.25, -0.2) is 0 Å². The van der Waals surface area contributed by atoms with Crippen LogP contribution in [0, 0.1) is 11.8 Å². The number of amides is 2. The molecule has 3 atom stereocenters. The molecule has 1 aliphatic heterocycles. The molecule has 2 aromatic carbocycles. The molecule has 2 aliphatic rings. The summed E-state index contributed by atoms with van der Waals surface area (Å²) in [6.45, 7) is 6.16. The van der Waals surface area contributed by atoms with Gasteiger partial charge in [0.25, 0.3) is 5.91 Å². The second kappa shape index (κ2) is 13.3. The van der Waals surface area contributed by atoms with Gasteiger partial charge in [0.15, 0.2) is 0 Å². The molecule has 3 aromatic rings. The number of benzene rings is 2. The van der Waals surface area contributed by atoms with Crippen LogP contribution in [0.5, 0.6) is 5.75 Å². The third kappa shape index (κ3) is 6.81. The zero-order chi connectivity index (χ0) is 29.8. The minimum absolute atomic E-state index is 0.0741. The summed E-state index contributed by atoms with van der Waals surface area (Å²) >= 11 is 0. The van der Waals surface area contributed by atoms with E-state index in [2.05, 4.69) is 24.2 Å². The van der Waals surface area contributed by atoms with Crippen LogP contribution < -0.4 is 10.1 Å². The van der Waals surface area contributed by atoms with E-state index in [0.29, 0.717) is 23.5 Å². The van der Waals surface area contributed by atoms with Gasteiger partial charge in [0.1, 0.15) is 11.9 Å². The first-order chi connectivity index (χ1) is 20.2. The van der Waals surface area contributed by atoms with E-state index in [0.717, 1.165) is 35.5 Å². The Balaban J connectivity index is 1.35. The second-order valence-corrected chi connectivity index (χ2v) is 12.6. The number of aliphatic hydroxyl groups is 1. The number of aromatic nitrogens is 1. The quantitative estimate of drug-likeness (QED) is 0.372. The molecule has 0 spiro atoms. The maximum absolute atomic E-state index is 13.8.